The van der Waals surface area contributed by atoms with Crippen LogP contribution in [0.5, 0.6) is 5.75 Å². The van der Waals surface area contributed by atoms with E-state index in [1.807, 2.05) is 13.0 Å². The van der Waals surface area contributed by atoms with Gasteiger partial charge in [0.25, 0.3) is 11.6 Å². The highest BCUT2D eigenvalue weighted by atomic mass is 19.1. The minimum Gasteiger partial charge on any atom is -0.482 e. The van der Waals surface area contributed by atoms with Gasteiger partial charge in [0.05, 0.1) is 16.2 Å². The number of amides is 1. The first-order valence-electron chi connectivity index (χ1n) is 7.67. The normalized spacial score (nSPS) is 14.2. The molecule has 3 rings (SSSR count). The molecular formula is C17H16FN3O4. The molecule has 0 saturated heterocycles. The van der Waals surface area contributed by atoms with Gasteiger partial charge in [0, 0.05) is 18.7 Å². The van der Waals surface area contributed by atoms with E-state index in [9.17, 15) is 19.3 Å². The van der Waals surface area contributed by atoms with Gasteiger partial charge in [-0.2, -0.15) is 0 Å². The van der Waals surface area contributed by atoms with Crippen LogP contribution in [-0.4, -0.2) is 17.4 Å². The number of benzene rings is 2. The number of nitrogens with one attached hydrogen (secondary N) is 2. The molecule has 7 nitrogen and oxygen atoms in total. The number of anilines is 1. The molecule has 1 aliphatic rings. The summed E-state index contributed by atoms with van der Waals surface area (Å²) in [4.78, 5) is 21.8. The molecule has 130 valence electrons. The summed E-state index contributed by atoms with van der Waals surface area (Å²) in [7, 11) is 0. The molecule has 2 N–H and O–H groups in total. The summed E-state index contributed by atoms with van der Waals surface area (Å²) in [6.07, 6.45) is 0. The molecular weight excluding hydrogens is 329 g/mol. The summed E-state index contributed by atoms with van der Waals surface area (Å²) in [5.41, 5.74) is 1.16. The molecule has 1 atom stereocenters. The average molecular weight is 345 g/mol. The molecule has 0 aromatic heterocycles. The third kappa shape index (κ3) is 3.58. The fraction of sp³-hybridized carbons (Fsp3) is 0.235. The van der Waals surface area contributed by atoms with E-state index in [-0.39, 0.29) is 36.4 Å². The number of hydrogen-bond acceptors (Lipinski definition) is 5. The van der Waals surface area contributed by atoms with Crippen LogP contribution in [0.4, 0.5) is 15.8 Å². The molecule has 0 radical (unpaired) electrons. The van der Waals surface area contributed by atoms with E-state index in [4.69, 9.17) is 4.74 Å². The molecule has 2 aromatic rings. The molecule has 1 amide bonds. The number of ether oxygens (including phenoxy) is 1. The quantitative estimate of drug-likeness (QED) is 0.642. The van der Waals surface area contributed by atoms with Crippen LogP contribution in [0.3, 0.4) is 0 Å². The van der Waals surface area contributed by atoms with E-state index in [1.165, 1.54) is 18.2 Å². The van der Waals surface area contributed by atoms with Crippen LogP contribution in [-0.2, 0) is 11.3 Å². The molecule has 2 aromatic carbocycles. The molecule has 0 bridgehead atoms. The molecule has 0 fully saturated rings. The molecule has 8 heteroatoms. The number of nitrogens with zero attached hydrogens (tertiary/aromatic N) is 1. The predicted molar refractivity (Wildman–Crippen MR) is 88.9 cm³/mol. The van der Waals surface area contributed by atoms with Crippen LogP contribution in [0.1, 0.15) is 24.1 Å². The Morgan fingerprint density at radius 2 is 2.20 bits per heavy atom. The van der Waals surface area contributed by atoms with E-state index in [2.05, 4.69) is 10.6 Å². The molecule has 0 saturated carbocycles. The zero-order valence-electron chi connectivity index (χ0n) is 13.4. The molecule has 1 aliphatic heterocycles. The Morgan fingerprint density at radius 3 is 2.96 bits per heavy atom. The minimum atomic E-state index is -0.625. The van der Waals surface area contributed by atoms with Crippen molar-refractivity contribution in [2.24, 2.45) is 0 Å². The lowest BCUT2D eigenvalue weighted by atomic mass is 10.1. The Kier molecular flexibility index (Phi) is 4.62. The SMILES string of the molecule is CC(NCc1c(F)cccc1[N+](=O)[O-])c1ccc2c(c1)NC(=O)CO2. The van der Waals surface area contributed by atoms with Gasteiger partial charge in [-0.15, -0.1) is 0 Å². The van der Waals surface area contributed by atoms with Crippen molar-refractivity contribution >= 4 is 17.3 Å². The van der Waals surface area contributed by atoms with Crippen molar-refractivity contribution in [1.82, 2.24) is 5.32 Å². The van der Waals surface area contributed by atoms with Crippen molar-refractivity contribution in [2.45, 2.75) is 19.5 Å². The smallest absolute Gasteiger partial charge is 0.276 e. The van der Waals surface area contributed by atoms with Gasteiger partial charge in [0.2, 0.25) is 0 Å². The van der Waals surface area contributed by atoms with Gasteiger partial charge in [-0.3, -0.25) is 14.9 Å². The number of carbonyl (C=O) groups excluding carboxylic acids is 1. The fourth-order valence-corrected chi connectivity index (χ4v) is 2.64. The first-order chi connectivity index (χ1) is 12.0. The molecule has 0 spiro atoms. The third-order valence-electron chi connectivity index (χ3n) is 4.01. The lowest BCUT2D eigenvalue weighted by molar-refractivity contribution is -0.385. The Bertz CT molecular complexity index is 841. The van der Waals surface area contributed by atoms with Gasteiger partial charge < -0.3 is 15.4 Å². The van der Waals surface area contributed by atoms with Crippen molar-refractivity contribution in [3.8, 4) is 5.75 Å². The lowest BCUT2D eigenvalue weighted by Crippen LogP contribution is -2.26. The first-order valence-corrected chi connectivity index (χ1v) is 7.67. The summed E-state index contributed by atoms with van der Waals surface area (Å²) in [5, 5.41) is 16.8. The minimum absolute atomic E-state index is 0.00406. The zero-order valence-corrected chi connectivity index (χ0v) is 13.4. The van der Waals surface area contributed by atoms with Crippen LogP contribution in [0.25, 0.3) is 0 Å². The maximum atomic E-state index is 13.9. The maximum absolute atomic E-state index is 13.9. The standard InChI is InChI=1S/C17H16FN3O4/c1-10(11-5-6-16-14(7-11)20-17(22)9-25-16)19-8-12-13(18)3-2-4-15(12)21(23)24/h2-7,10,19H,8-9H2,1H3,(H,20,22). The summed E-state index contributed by atoms with van der Waals surface area (Å²) in [6, 6.07) is 8.89. The van der Waals surface area contributed by atoms with E-state index >= 15 is 0 Å². The van der Waals surface area contributed by atoms with Crippen molar-refractivity contribution in [2.75, 3.05) is 11.9 Å². The predicted octanol–water partition coefficient (Wildman–Crippen LogP) is 2.92. The number of hydrogen-bond donors (Lipinski definition) is 2. The van der Waals surface area contributed by atoms with Gasteiger partial charge in [-0.25, -0.2) is 4.39 Å². The van der Waals surface area contributed by atoms with E-state index < -0.39 is 10.7 Å². The number of carbonyl (C=O) groups is 1. The lowest BCUT2D eigenvalue weighted by Gasteiger charge is -2.21. The summed E-state index contributed by atoms with van der Waals surface area (Å²) < 4.78 is 19.2. The maximum Gasteiger partial charge on any atom is 0.276 e. The number of nitro benzene ring substituents is 1. The summed E-state index contributed by atoms with van der Waals surface area (Å²) in [5.74, 6) is -0.271. The molecule has 1 unspecified atom stereocenters. The van der Waals surface area contributed by atoms with E-state index in [0.717, 1.165) is 5.56 Å². The largest absolute Gasteiger partial charge is 0.482 e. The van der Waals surface area contributed by atoms with Crippen molar-refractivity contribution < 1.29 is 18.8 Å². The second-order valence-corrected chi connectivity index (χ2v) is 5.69. The fourth-order valence-electron chi connectivity index (χ4n) is 2.64. The van der Waals surface area contributed by atoms with Crippen LogP contribution >= 0.6 is 0 Å². The van der Waals surface area contributed by atoms with E-state index in [0.29, 0.717) is 11.4 Å². The van der Waals surface area contributed by atoms with Gasteiger partial charge >= 0.3 is 0 Å². The highest BCUT2D eigenvalue weighted by molar-refractivity contribution is 5.95. The Balaban J connectivity index is 1.76. The number of halogens is 1. The number of fused-ring (bicyclic) bond motifs is 1. The Morgan fingerprint density at radius 1 is 1.40 bits per heavy atom. The second-order valence-electron chi connectivity index (χ2n) is 5.69. The third-order valence-corrected chi connectivity index (χ3v) is 4.01. The van der Waals surface area contributed by atoms with Crippen LogP contribution in [0.2, 0.25) is 0 Å². The van der Waals surface area contributed by atoms with Crippen LogP contribution in [0, 0.1) is 15.9 Å². The van der Waals surface area contributed by atoms with Gasteiger partial charge in [-0.05, 0) is 30.7 Å². The summed E-state index contributed by atoms with van der Waals surface area (Å²) in [6.45, 7) is 1.83. The van der Waals surface area contributed by atoms with Gasteiger partial charge in [0.1, 0.15) is 11.6 Å². The van der Waals surface area contributed by atoms with Crippen molar-refractivity contribution in [3.63, 3.8) is 0 Å². The van der Waals surface area contributed by atoms with Crippen LogP contribution < -0.4 is 15.4 Å². The average Bonchev–Trinajstić information content (AvgIpc) is 2.59. The summed E-state index contributed by atoms with van der Waals surface area (Å²) >= 11 is 0. The number of rotatable bonds is 5. The molecule has 25 heavy (non-hydrogen) atoms. The highest BCUT2D eigenvalue weighted by Gasteiger charge is 2.20. The molecule has 0 aliphatic carbocycles. The van der Waals surface area contributed by atoms with Crippen molar-refractivity contribution in [3.05, 3.63) is 63.5 Å². The topological polar surface area (TPSA) is 93.5 Å². The first kappa shape index (κ1) is 16.8. The Hall–Kier alpha value is -3.00. The second kappa shape index (κ2) is 6.86. The highest BCUT2D eigenvalue weighted by Crippen LogP contribution is 2.31. The van der Waals surface area contributed by atoms with Gasteiger partial charge in [0.15, 0.2) is 6.61 Å². The zero-order chi connectivity index (χ0) is 18.0. The number of nitro groups is 1. The Labute approximate surface area is 143 Å². The van der Waals surface area contributed by atoms with Gasteiger partial charge in [-0.1, -0.05) is 12.1 Å². The van der Waals surface area contributed by atoms with E-state index in [1.54, 1.807) is 12.1 Å². The van der Waals surface area contributed by atoms with Crippen LogP contribution in [0.15, 0.2) is 36.4 Å². The van der Waals surface area contributed by atoms with Crippen molar-refractivity contribution in [1.29, 1.82) is 0 Å². The monoisotopic (exact) mass is 345 g/mol. The molecule has 1 heterocycles.